The summed E-state index contributed by atoms with van der Waals surface area (Å²) in [5.41, 5.74) is 2.77. The Hall–Kier alpha value is -1.02. The van der Waals surface area contributed by atoms with Gasteiger partial charge in [-0.2, -0.15) is 0 Å². The molecule has 0 radical (unpaired) electrons. The first kappa shape index (κ1) is 10.5. The van der Waals surface area contributed by atoms with Crippen LogP contribution in [0.1, 0.15) is 42.4 Å². The van der Waals surface area contributed by atoms with Gasteiger partial charge in [-0.1, -0.05) is 25.5 Å². The lowest BCUT2D eigenvalue weighted by molar-refractivity contribution is 0.450. The van der Waals surface area contributed by atoms with Crippen molar-refractivity contribution in [3.63, 3.8) is 0 Å². The van der Waals surface area contributed by atoms with Crippen LogP contribution in [0.5, 0.6) is 0 Å². The highest BCUT2D eigenvalue weighted by atomic mass is 16.3. The molecule has 2 heteroatoms. The summed E-state index contributed by atoms with van der Waals surface area (Å²) in [7, 11) is 1.97. The minimum atomic E-state index is 0.843. The molecule has 0 spiro atoms. The van der Waals surface area contributed by atoms with E-state index >= 15 is 0 Å². The van der Waals surface area contributed by atoms with E-state index in [-0.39, 0.29) is 0 Å². The summed E-state index contributed by atoms with van der Waals surface area (Å²) in [6.07, 6.45) is 8.96. The van der Waals surface area contributed by atoms with Gasteiger partial charge in [-0.25, -0.2) is 0 Å². The first-order valence-corrected chi connectivity index (χ1v) is 5.81. The van der Waals surface area contributed by atoms with Crippen LogP contribution in [0.25, 0.3) is 6.08 Å². The van der Waals surface area contributed by atoms with Crippen LogP contribution in [0, 0.1) is 0 Å². The van der Waals surface area contributed by atoms with Gasteiger partial charge in [-0.3, -0.25) is 0 Å². The van der Waals surface area contributed by atoms with Crippen molar-refractivity contribution in [2.24, 2.45) is 0 Å². The Morgan fingerprint density at radius 3 is 3.07 bits per heavy atom. The molecule has 0 amide bonds. The van der Waals surface area contributed by atoms with Gasteiger partial charge in [-0.05, 0) is 19.9 Å². The third-order valence-corrected chi connectivity index (χ3v) is 2.87. The van der Waals surface area contributed by atoms with Crippen molar-refractivity contribution in [2.45, 2.75) is 39.2 Å². The van der Waals surface area contributed by atoms with Crippen molar-refractivity contribution < 1.29 is 4.42 Å². The van der Waals surface area contributed by atoms with Crippen molar-refractivity contribution in [2.75, 3.05) is 7.05 Å². The quantitative estimate of drug-likeness (QED) is 0.817. The van der Waals surface area contributed by atoms with Gasteiger partial charge in [0.15, 0.2) is 0 Å². The highest BCUT2D eigenvalue weighted by Gasteiger charge is 2.18. The van der Waals surface area contributed by atoms with E-state index in [2.05, 4.69) is 24.4 Å². The Bertz CT molecular complexity index is 363. The number of allylic oxidation sites excluding steroid dienone is 1. The van der Waals surface area contributed by atoms with Gasteiger partial charge >= 0.3 is 0 Å². The van der Waals surface area contributed by atoms with Crippen LogP contribution in [0.4, 0.5) is 0 Å². The number of hydrogen-bond donors (Lipinski definition) is 1. The topological polar surface area (TPSA) is 25.2 Å². The molecule has 2 rings (SSSR count). The second-order valence-corrected chi connectivity index (χ2v) is 4.06. The molecule has 82 valence electrons. The molecule has 0 bridgehead atoms. The van der Waals surface area contributed by atoms with Crippen LogP contribution in [0.3, 0.4) is 0 Å². The molecule has 0 aromatic carbocycles. The number of hydrogen-bond acceptors (Lipinski definition) is 2. The molecule has 0 saturated heterocycles. The van der Waals surface area contributed by atoms with Crippen LogP contribution < -0.4 is 5.32 Å². The van der Waals surface area contributed by atoms with Crippen LogP contribution in [-0.2, 0) is 19.4 Å². The summed E-state index contributed by atoms with van der Waals surface area (Å²) in [6, 6.07) is 0. The van der Waals surface area contributed by atoms with E-state index in [1.54, 1.807) is 0 Å². The summed E-state index contributed by atoms with van der Waals surface area (Å²) in [4.78, 5) is 0. The Morgan fingerprint density at radius 1 is 1.47 bits per heavy atom. The molecule has 1 heterocycles. The number of rotatable bonds is 4. The van der Waals surface area contributed by atoms with E-state index in [0.717, 1.165) is 31.6 Å². The third kappa shape index (κ3) is 2.00. The van der Waals surface area contributed by atoms with Gasteiger partial charge in [0.05, 0.1) is 6.54 Å². The summed E-state index contributed by atoms with van der Waals surface area (Å²) >= 11 is 0. The Kier molecular flexibility index (Phi) is 3.27. The molecule has 15 heavy (non-hydrogen) atoms. The molecule has 1 aliphatic rings. The second-order valence-electron chi connectivity index (χ2n) is 4.06. The molecule has 0 aliphatic heterocycles. The van der Waals surface area contributed by atoms with Gasteiger partial charge in [0.2, 0.25) is 0 Å². The average molecular weight is 205 g/mol. The lowest BCUT2D eigenvalue weighted by Crippen LogP contribution is -2.06. The first-order chi connectivity index (χ1) is 7.36. The number of fused-ring (bicyclic) bond motifs is 1. The molecule has 0 saturated carbocycles. The molecular weight excluding hydrogens is 186 g/mol. The van der Waals surface area contributed by atoms with E-state index in [1.807, 2.05) is 7.05 Å². The van der Waals surface area contributed by atoms with Gasteiger partial charge in [0.1, 0.15) is 11.5 Å². The van der Waals surface area contributed by atoms with Crippen LogP contribution in [0.2, 0.25) is 0 Å². The minimum absolute atomic E-state index is 0.843. The monoisotopic (exact) mass is 205 g/mol. The molecule has 1 N–H and O–H groups in total. The maximum Gasteiger partial charge on any atom is 0.121 e. The summed E-state index contributed by atoms with van der Waals surface area (Å²) in [6.45, 7) is 3.06. The Morgan fingerprint density at radius 2 is 2.33 bits per heavy atom. The van der Waals surface area contributed by atoms with E-state index in [0.29, 0.717) is 0 Å². The van der Waals surface area contributed by atoms with Crippen molar-refractivity contribution in [1.29, 1.82) is 0 Å². The zero-order chi connectivity index (χ0) is 10.7. The van der Waals surface area contributed by atoms with E-state index < -0.39 is 0 Å². The molecule has 0 atom stereocenters. The zero-order valence-electron chi connectivity index (χ0n) is 9.60. The predicted octanol–water partition coefficient (Wildman–Crippen LogP) is 2.91. The summed E-state index contributed by atoms with van der Waals surface area (Å²) in [5.74, 6) is 2.32. The Labute approximate surface area is 91.4 Å². The van der Waals surface area contributed by atoms with Crippen LogP contribution in [-0.4, -0.2) is 7.05 Å². The largest absolute Gasteiger partial charge is 0.464 e. The zero-order valence-corrected chi connectivity index (χ0v) is 9.60. The molecule has 1 aliphatic carbocycles. The Balaban J connectivity index is 2.37. The fourth-order valence-corrected chi connectivity index (χ4v) is 2.21. The van der Waals surface area contributed by atoms with Gasteiger partial charge in [0.25, 0.3) is 0 Å². The van der Waals surface area contributed by atoms with Crippen LogP contribution in [0.15, 0.2) is 10.5 Å². The second kappa shape index (κ2) is 4.67. The predicted molar refractivity (Wildman–Crippen MR) is 62.8 cm³/mol. The highest BCUT2D eigenvalue weighted by Crippen LogP contribution is 2.29. The van der Waals surface area contributed by atoms with E-state index in [9.17, 15) is 0 Å². The molecule has 0 unspecified atom stereocenters. The van der Waals surface area contributed by atoms with Crippen molar-refractivity contribution in [3.8, 4) is 0 Å². The van der Waals surface area contributed by atoms with Crippen molar-refractivity contribution in [1.82, 2.24) is 5.32 Å². The SMILES string of the molecule is CCCc1c(CNC)oc2c1C=CCC2. The molecule has 1 aromatic heterocycles. The summed E-state index contributed by atoms with van der Waals surface area (Å²) in [5, 5.41) is 3.17. The maximum atomic E-state index is 5.92. The first-order valence-electron chi connectivity index (χ1n) is 5.81. The number of nitrogens with one attached hydrogen (secondary N) is 1. The molecule has 1 aromatic rings. The molecule has 0 fully saturated rings. The van der Waals surface area contributed by atoms with Gasteiger partial charge < -0.3 is 9.73 Å². The third-order valence-electron chi connectivity index (χ3n) is 2.87. The fraction of sp³-hybridized carbons (Fsp3) is 0.538. The van der Waals surface area contributed by atoms with Gasteiger partial charge in [-0.15, -0.1) is 0 Å². The lowest BCUT2D eigenvalue weighted by Gasteiger charge is -2.04. The normalized spacial score (nSPS) is 14.3. The van der Waals surface area contributed by atoms with Crippen molar-refractivity contribution in [3.05, 3.63) is 28.7 Å². The van der Waals surface area contributed by atoms with E-state index in [1.165, 1.54) is 23.3 Å². The minimum Gasteiger partial charge on any atom is -0.464 e. The van der Waals surface area contributed by atoms with Gasteiger partial charge in [0, 0.05) is 17.5 Å². The molecular formula is C13H19NO. The average Bonchev–Trinajstić information content (AvgIpc) is 2.59. The highest BCUT2D eigenvalue weighted by molar-refractivity contribution is 5.59. The fourth-order valence-electron chi connectivity index (χ4n) is 2.21. The van der Waals surface area contributed by atoms with Crippen molar-refractivity contribution >= 4 is 6.08 Å². The summed E-state index contributed by atoms with van der Waals surface area (Å²) < 4.78 is 5.92. The number of aryl methyl sites for hydroxylation is 1. The smallest absolute Gasteiger partial charge is 0.121 e. The van der Waals surface area contributed by atoms with E-state index in [4.69, 9.17) is 4.42 Å². The standard InChI is InChI=1S/C13H19NO/c1-3-6-10-11-7-4-5-8-12(11)15-13(10)9-14-2/h4,7,14H,3,5-6,8-9H2,1-2H3. The molecule has 2 nitrogen and oxygen atoms in total. The maximum absolute atomic E-state index is 5.92. The lowest BCUT2D eigenvalue weighted by atomic mass is 9.98. The van der Waals surface area contributed by atoms with Crippen LogP contribution >= 0.6 is 0 Å². The number of furan rings is 1.